The predicted octanol–water partition coefficient (Wildman–Crippen LogP) is 4.23. The molecule has 1 N–H and O–H groups in total. The number of aryl methyl sites for hydroxylation is 1. The van der Waals surface area contributed by atoms with Gasteiger partial charge in [-0.3, -0.25) is 9.59 Å². The molecule has 3 aliphatic heterocycles. The number of hydrogen-bond donors (Lipinski definition) is 1. The van der Waals surface area contributed by atoms with Gasteiger partial charge in [-0.1, -0.05) is 12.7 Å². The van der Waals surface area contributed by atoms with Gasteiger partial charge in [-0.15, -0.1) is 0 Å². The van der Waals surface area contributed by atoms with E-state index in [1.165, 1.54) is 31.3 Å². The summed E-state index contributed by atoms with van der Waals surface area (Å²) in [7, 11) is 4.43. The van der Waals surface area contributed by atoms with E-state index in [2.05, 4.69) is 11.9 Å². The molecule has 4 heterocycles. The highest BCUT2D eigenvalue weighted by Crippen LogP contribution is 2.42. The van der Waals surface area contributed by atoms with Crippen molar-refractivity contribution in [3.63, 3.8) is 0 Å². The molecule has 3 aliphatic rings. The zero-order chi connectivity index (χ0) is 33.5. The predicted molar refractivity (Wildman–Crippen MR) is 170 cm³/mol. The van der Waals surface area contributed by atoms with Crippen molar-refractivity contribution in [2.24, 2.45) is 7.05 Å². The minimum atomic E-state index is -0.870. The molecule has 2 aromatic rings. The molecule has 0 saturated carbocycles. The van der Waals surface area contributed by atoms with E-state index in [4.69, 9.17) is 28.4 Å². The molecule has 3 amide bonds. The summed E-state index contributed by atoms with van der Waals surface area (Å²) in [5, 5.41) is 2.77. The highest BCUT2D eigenvalue weighted by Gasteiger charge is 2.47. The Bertz CT molecular complexity index is 1480. The third kappa shape index (κ3) is 7.54. The van der Waals surface area contributed by atoms with E-state index in [1.54, 1.807) is 34.8 Å². The van der Waals surface area contributed by atoms with E-state index < -0.39 is 30.6 Å². The molecule has 2 unspecified atom stereocenters. The topological polar surface area (TPSA) is 147 Å². The average Bonchev–Trinajstić information content (AvgIpc) is 3.69. The molecule has 0 aliphatic carbocycles. The smallest absolute Gasteiger partial charge is 0.416 e. The number of aromatic nitrogens is 1. The fraction of sp³-hybridized carbons (Fsp3) is 0.515. The van der Waals surface area contributed by atoms with Gasteiger partial charge in [-0.05, 0) is 50.7 Å². The first-order valence-corrected chi connectivity index (χ1v) is 15.8. The van der Waals surface area contributed by atoms with E-state index in [0.29, 0.717) is 49.5 Å². The van der Waals surface area contributed by atoms with Gasteiger partial charge >= 0.3 is 12.1 Å². The Morgan fingerprint density at radius 3 is 2.66 bits per heavy atom. The second-order valence-electron chi connectivity index (χ2n) is 11.5. The van der Waals surface area contributed by atoms with Crippen molar-refractivity contribution < 1.29 is 47.6 Å². The van der Waals surface area contributed by atoms with Crippen molar-refractivity contribution in [2.45, 2.75) is 63.5 Å². The maximum atomic E-state index is 14.0. The summed E-state index contributed by atoms with van der Waals surface area (Å²) in [5.41, 5.74) is 1.29. The molecule has 254 valence electrons. The van der Waals surface area contributed by atoms with Crippen molar-refractivity contribution in [1.29, 1.82) is 0 Å². The first-order valence-electron chi connectivity index (χ1n) is 15.8. The standard InChI is InChI=1S/C33H42N4O10/c1-5-14-46-33(41)37-24-19-27(44-16-9-11-28(38)34-21-17-25(32(40)43-4)35(2)20-21)26(42-3)18-22(24)30(39)36-13-8-10-23(36)31(37)47-29-12-6-7-15-45-29/h5,17-20,23,29,31H,1,6-16H2,2-4H3,(H,34,38)/t23-,29?,31?/m0/s1. The molecule has 2 saturated heterocycles. The molecule has 0 radical (unpaired) electrons. The number of nitrogens with zero attached hydrogens (tertiary/aromatic N) is 3. The minimum absolute atomic E-state index is 0.0335. The van der Waals surface area contributed by atoms with Crippen LogP contribution in [0.3, 0.4) is 0 Å². The number of fused-ring (bicyclic) bond motifs is 2. The van der Waals surface area contributed by atoms with Gasteiger partial charge in [-0.25, -0.2) is 14.5 Å². The van der Waals surface area contributed by atoms with Crippen LogP contribution in [0.1, 0.15) is 65.8 Å². The maximum Gasteiger partial charge on any atom is 0.416 e. The van der Waals surface area contributed by atoms with Crippen LogP contribution in [0.15, 0.2) is 37.1 Å². The molecule has 14 nitrogen and oxygen atoms in total. The lowest BCUT2D eigenvalue weighted by molar-refractivity contribution is -0.195. The Morgan fingerprint density at radius 2 is 1.94 bits per heavy atom. The molecule has 0 spiro atoms. The van der Waals surface area contributed by atoms with Crippen molar-refractivity contribution in [2.75, 3.05) is 50.8 Å². The number of rotatable bonds is 12. The molecular weight excluding hydrogens is 612 g/mol. The second kappa shape index (κ2) is 15.4. The Hall–Kier alpha value is -4.56. The lowest BCUT2D eigenvalue weighted by Gasteiger charge is -2.38. The summed E-state index contributed by atoms with van der Waals surface area (Å²) in [5.74, 6) is -0.451. The number of nitrogens with one attached hydrogen (secondary N) is 1. The number of ether oxygens (including phenoxy) is 6. The van der Waals surface area contributed by atoms with Crippen molar-refractivity contribution in [1.82, 2.24) is 9.47 Å². The third-order valence-electron chi connectivity index (χ3n) is 8.36. The van der Waals surface area contributed by atoms with Gasteiger partial charge in [0.2, 0.25) is 5.91 Å². The first kappa shape index (κ1) is 33.8. The zero-order valence-corrected chi connectivity index (χ0v) is 27.0. The van der Waals surface area contributed by atoms with Crippen molar-refractivity contribution in [3.8, 4) is 11.5 Å². The van der Waals surface area contributed by atoms with Crippen LogP contribution in [0.5, 0.6) is 11.5 Å². The SMILES string of the molecule is C=CCOC(=O)N1c2cc(OCCCC(=O)Nc3cc(C(=O)OC)n(C)c3)c(OC)cc2C(=O)N2CCC[C@H]2C1OC1CCCCO1. The normalized spacial score (nSPS) is 20.5. The Kier molecular flexibility index (Phi) is 11.0. The number of esters is 1. The van der Waals surface area contributed by atoms with E-state index >= 15 is 0 Å². The molecular formula is C33H42N4O10. The Morgan fingerprint density at radius 1 is 1.11 bits per heavy atom. The van der Waals surface area contributed by atoms with Crippen LogP contribution in [0.2, 0.25) is 0 Å². The van der Waals surface area contributed by atoms with Crippen molar-refractivity contribution in [3.05, 3.63) is 48.3 Å². The van der Waals surface area contributed by atoms with Gasteiger partial charge in [0.25, 0.3) is 5.91 Å². The van der Waals surface area contributed by atoms with Gasteiger partial charge in [0.05, 0.1) is 43.8 Å². The summed E-state index contributed by atoms with van der Waals surface area (Å²) >= 11 is 0. The third-order valence-corrected chi connectivity index (χ3v) is 8.36. The summed E-state index contributed by atoms with van der Waals surface area (Å²) in [6.45, 7) is 4.81. The monoisotopic (exact) mass is 654 g/mol. The van der Waals surface area contributed by atoms with Gasteiger partial charge in [0, 0.05) is 38.9 Å². The summed E-state index contributed by atoms with van der Waals surface area (Å²) in [6.07, 6.45) is 5.37. The average molecular weight is 655 g/mol. The fourth-order valence-electron chi connectivity index (χ4n) is 6.10. The number of methoxy groups -OCH3 is 2. The van der Waals surface area contributed by atoms with Gasteiger partial charge in [-0.2, -0.15) is 0 Å². The largest absolute Gasteiger partial charge is 0.493 e. The number of anilines is 2. The second-order valence-corrected chi connectivity index (χ2v) is 11.5. The highest BCUT2D eigenvalue weighted by molar-refractivity contribution is 6.06. The number of benzene rings is 1. The lowest BCUT2D eigenvalue weighted by Crippen LogP contribution is -2.54. The number of hydrogen-bond acceptors (Lipinski definition) is 10. The quantitative estimate of drug-likeness (QED) is 0.200. The number of carbonyl (C=O) groups is 4. The minimum Gasteiger partial charge on any atom is -0.493 e. The molecule has 14 heteroatoms. The first-order chi connectivity index (χ1) is 22.7. The van der Waals surface area contributed by atoms with E-state index in [0.717, 1.165) is 19.3 Å². The molecule has 47 heavy (non-hydrogen) atoms. The van der Waals surface area contributed by atoms with E-state index in [9.17, 15) is 19.2 Å². The molecule has 0 bridgehead atoms. The summed E-state index contributed by atoms with van der Waals surface area (Å²) < 4.78 is 35.9. The van der Waals surface area contributed by atoms with Crippen LogP contribution in [0.25, 0.3) is 0 Å². The van der Waals surface area contributed by atoms with Gasteiger partial charge in [0.15, 0.2) is 24.0 Å². The van der Waals surface area contributed by atoms with Crippen molar-refractivity contribution >= 4 is 35.3 Å². The van der Waals surface area contributed by atoms with Gasteiger partial charge < -0.3 is 43.2 Å². The van der Waals surface area contributed by atoms with E-state index in [1.807, 2.05) is 0 Å². The summed E-state index contributed by atoms with van der Waals surface area (Å²) in [6, 6.07) is 4.27. The van der Waals surface area contributed by atoms with Crippen LogP contribution in [-0.2, 0) is 30.8 Å². The van der Waals surface area contributed by atoms with Crippen LogP contribution in [-0.4, -0.2) is 92.5 Å². The molecule has 3 atom stereocenters. The maximum absolute atomic E-state index is 14.0. The zero-order valence-electron chi connectivity index (χ0n) is 27.0. The Balaban J connectivity index is 1.36. The Labute approximate surface area is 273 Å². The van der Waals surface area contributed by atoms with Crippen LogP contribution in [0, 0.1) is 0 Å². The van der Waals surface area contributed by atoms with E-state index in [-0.39, 0.29) is 48.4 Å². The molecule has 1 aromatic carbocycles. The van der Waals surface area contributed by atoms with Crippen LogP contribution < -0.4 is 19.7 Å². The lowest BCUT2D eigenvalue weighted by atomic mass is 10.1. The molecule has 2 fully saturated rings. The molecule has 1 aromatic heterocycles. The number of carbonyl (C=O) groups excluding carboxylic acids is 4. The van der Waals surface area contributed by atoms with Gasteiger partial charge in [0.1, 0.15) is 12.3 Å². The van der Waals surface area contributed by atoms with Crippen LogP contribution in [0.4, 0.5) is 16.2 Å². The highest BCUT2D eigenvalue weighted by atomic mass is 16.7. The fourth-order valence-corrected chi connectivity index (χ4v) is 6.10. The molecule has 5 rings (SSSR count). The van der Waals surface area contributed by atoms with Crippen LogP contribution >= 0.6 is 0 Å². The number of amides is 3. The summed E-state index contributed by atoms with van der Waals surface area (Å²) in [4.78, 5) is 55.3.